The van der Waals surface area contributed by atoms with Gasteiger partial charge in [0, 0.05) is 48.8 Å². The summed E-state index contributed by atoms with van der Waals surface area (Å²) in [6.45, 7) is 8.46. The summed E-state index contributed by atoms with van der Waals surface area (Å²) in [5.41, 5.74) is 1.21. The van der Waals surface area contributed by atoms with Crippen LogP contribution in [0.1, 0.15) is 18.5 Å². The van der Waals surface area contributed by atoms with Crippen molar-refractivity contribution in [1.82, 2.24) is 15.1 Å². The van der Waals surface area contributed by atoms with Gasteiger partial charge in [-0.15, -0.1) is 0 Å². The fraction of sp³-hybridized carbons (Fsp3) is 0.625. The molecule has 0 aromatic heterocycles. The molecule has 1 heterocycles. The Balaban J connectivity index is 1.88. The molecule has 118 valence electrons. The molecule has 0 saturated carbocycles. The van der Waals surface area contributed by atoms with Gasteiger partial charge in [0.05, 0.1) is 0 Å². The highest BCUT2D eigenvalue weighted by Crippen LogP contribution is 2.28. The molecule has 1 atom stereocenters. The number of piperazine rings is 1. The van der Waals surface area contributed by atoms with E-state index in [9.17, 15) is 0 Å². The van der Waals surface area contributed by atoms with Gasteiger partial charge in [0.2, 0.25) is 0 Å². The van der Waals surface area contributed by atoms with E-state index in [1.54, 1.807) is 0 Å². The van der Waals surface area contributed by atoms with E-state index >= 15 is 0 Å². The predicted molar refractivity (Wildman–Crippen MR) is 91.0 cm³/mol. The smallest absolute Gasteiger partial charge is 0.125 e. The number of benzene rings is 1. The summed E-state index contributed by atoms with van der Waals surface area (Å²) >= 11 is 3.53. The highest BCUT2D eigenvalue weighted by molar-refractivity contribution is 9.10. The Labute approximate surface area is 136 Å². The lowest BCUT2D eigenvalue weighted by Gasteiger charge is -2.32. The van der Waals surface area contributed by atoms with Crippen LogP contribution in [0.4, 0.5) is 0 Å². The molecule has 1 N–H and O–H groups in total. The zero-order chi connectivity index (χ0) is 15.2. The largest absolute Gasteiger partial charge is 0.492 e. The molecule has 5 heteroatoms. The number of nitrogens with zero attached hydrogens (tertiary/aromatic N) is 2. The molecular formula is C16H26BrN3O. The van der Waals surface area contributed by atoms with Gasteiger partial charge in [-0.2, -0.15) is 0 Å². The van der Waals surface area contributed by atoms with Gasteiger partial charge >= 0.3 is 0 Å². The average Bonchev–Trinajstić information content (AvgIpc) is 2.49. The van der Waals surface area contributed by atoms with Gasteiger partial charge in [-0.05, 0) is 33.2 Å². The molecule has 4 nitrogen and oxygen atoms in total. The summed E-state index contributed by atoms with van der Waals surface area (Å²) in [6, 6.07) is 6.54. The minimum Gasteiger partial charge on any atom is -0.492 e. The molecule has 1 aromatic carbocycles. The number of nitrogens with one attached hydrogen (secondary N) is 1. The maximum atomic E-state index is 6.05. The summed E-state index contributed by atoms with van der Waals surface area (Å²) in [5, 5.41) is 3.27. The zero-order valence-corrected chi connectivity index (χ0v) is 14.8. The first-order valence-corrected chi connectivity index (χ1v) is 8.40. The molecule has 0 bridgehead atoms. The van der Waals surface area contributed by atoms with Crippen LogP contribution in [0, 0.1) is 0 Å². The standard InChI is InChI=1S/C16H26BrN3O/c1-13(18-2)15-5-4-14(17)12-16(15)21-11-10-20-8-6-19(3)7-9-20/h4-5,12-13,18H,6-11H2,1-3H3. The summed E-state index contributed by atoms with van der Waals surface area (Å²) < 4.78 is 7.10. The molecule has 1 unspecified atom stereocenters. The normalized spacial score (nSPS) is 18.7. The highest BCUT2D eigenvalue weighted by atomic mass is 79.9. The molecule has 0 aliphatic carbocycles. The van der Waals surface area contributed by atoms with E-state index in [4.69, 9.17) is 4.74 Å². The van der Waals surface area contributed by atoms with E-state index < -0.39 is 0 Å². The van der Waals surface area contributed by atoms with Crippen LogP contribution < -0.4 is 10.1 Å². The summed E-state index contributed by atoms with van der Waals surface area (Å²) in [6.07, 6.45) is 0. The van der Waals surface area contributed by atoms with Crippen molar-refractivity contribution in [2.45, 2.75) is 13.0 Å². The van der Waals surface area contributed by atoms with E-state index in [1.165, 1.54) is 5.56 Å². The lowest BCUT2D eigenvalue weighted by molar-refractivity contribution is 0.133. The Morgan fingerprint density at radius 3 is 2.67 bits per heavy atom. The average molecular weight is 356 g/mol. The monoisotopic (exact) mass is 355 g/mol. The Morgan fingerprint density at radius 2 is 2.00 bits per heavy atom. The fourth-order valence-corrected chi connectivity index (χ4v) is 2.84. The number of likely N-dealkylation sites (N-methyl/N-ethyl adjacent to an activating group) is 1. The summed E-state index contributed by atoms with van der Waals surface area (Å²) in [4.78, 5) is 4.84. The van der Waals surface area contributed by atoms with Crippen LogP contribution >= 0.6 is 15.9 Å². The van der Waals surface area contributed by atoms with Crippen LogP contribution in [0.25, 0.3) is 0 Å². The Bertz CT molecular complexity index is 447. The van der Waals surface area contributed by atoms with Gasteiger partial charge in [-0.3, -0.25) is 4.90 Å². The molecule has 1 aliphatic rings. The maximum Gasteiger partial charge on any atom is 0.125 e. The maximum absolute atomic E-state index is 6.05. The van der Waals surface area contributed by atoms with Crippen LogP contribution in [0.15, 0.2) is 22.7 Å². The van der Waals surface area contributed by atoms with Crippen LogP contribution in [-0.4, -0.2) is 63.2 Å². The topological polar surface area (TPSA) is 27.7 Å². The second kappa shape index (κ2) is 8.13. The van der Waals surface area contributed by atoms with Gasteiger partial charge in [0.25, 0.3) is 0 Å². The van der Waals surface area contributed by atoms with Crippen molar-refractivity contribution in [1.29, 1.82) is 0 Å². The highest BCUT2D eigenvalue weighted by Gasteiger charge is 2.14. The van der Waals surface area contributed by atoms with Crippen molar-refractivity contribution in [3.63, 3.8) is 0 Å². The van der Waals surface area contributed by atoms with Crippen molar-refractivity contribution >= 4 is 15.9 Å². The molecule has 0 spiro atoms. The summed E-state index contributed by atoms with van der Waals surface area (Å²) in [7, 11) is 4.15. The van der Waals surface area contributed by atoms with Crippen molar-refractivity contribution in [3.8, 4) is 5.75 Å². The Kier molecular flexibility index (Phi) is 6.48. The third-order valence-electron chi connectivity index (χ3n) is 4.14. The van der Waals surface area contributed by atoms with Crippen LogP contribution in [-0.2, 0) is 0 Å². The predicted octanol–water partition coefficient (Wildman–Crippen LogP) is 2.36. The van der Waals surface area contributed by atoms with E-state index in [2.05, 4.69) is 63.2 Å². The minimum absolute atomic E-state index is 0.289. The Morgan fingerprint density at radius 1 is 1.29 bits per heavy atom. The van der Waals surface area contributed by atoms with Gasteiger partial charge in [-0.25, -0.2) is 0 Å². The molecule has 0 radical (unpaired) electrons. The van der Waals surface area contributed by atoms with Crippen LogP contribution in [0.3, 0.4) is 0 Å². The summed E-state index contributed by atoms with van der Waals surface area (Å²) in [5.74, 6) is 0.973. The van der Waals surface area contributed by atoms with Crippen LogP contribution in [0.5, 0.6) is 5.75 Å². The van der Waals surface area contributed by atoms with Gasteiger partial charge in [0.15, 0.2) is 0 Å². The van der Waals surface area contributed by atoms with Crippen molar-refractivity contribution in [2.75, 3.05) is 53.4 Å². The van der Waals surface area contributed by atoms with Gasteiger partial charge in [-0.1, -0.05) is 22.0 Å². The van der Waals surface area contributed by atoms with E-state index in [0.717, 1.165) is 49.6 Å². The lowest BCUT2D eigenvalue weighted by atomic mass is 10.1. The molecule has 1 fully saturated rings. The minimum atomic E-state index is 0.289. The molecule has 2 rings (SSSR count). The van der Waals surface area contributed by atoms with Gasteiger partial charge < -0.3 is 15.0 Å². The zero-order valence-electron chi connectivity index (χ0n) is 13.2. The number of rotatable bonds is 6. The molecule has 1 aliphatic heterocycles. The molecule has 1 saturated heterocycles. The molecule has 1 aromatic rings. The SMILES string of the molecule is CNC(C)c1ccc(Br)cc1OCCN1CCN(C)CC1. The number of halogens is 1. The third-order valence-corrected chi connectivity index (χ3v) is 4.63. The lowest BCUT2D eigenvalue weighted by Crippen LogP contribution is -2.45. The molecule has 21 heavy (non-hydrogen) atoms. The van der Waals surface area contributed by atoms with E-state index in [1.807, 2.05) is 7.05 Å². The second-order valence-corrected chi connectivity index (χ2v) is 6.60. The molecular weight excluding hydrogens is 330 g/mol. The van der Waals surface area contributed by atoms with Gasteiger partial charge in [0.1, 0.15) is 12.4 Å². The van der Waals surface area contributed by atoms with Crippen molar-refractivity contribution in [2.24, 2.45) is 0 Å². The van der Waals surface area contributed by atoms with Crippen molar-refractivity contribution < 1.29 is 4.74 Å². The van der Waals surface area contributed by atoms with E-state index in [-0.39, 0.29) is 6.04 Å². The number of hydrogen-bond donors (Lipinski definition) is 1. The number of hydrogen-bond acceptors (Lipinski definition) is 4. The first kappa shape index (κ1) is 16.7. The number of ether oxygens (including phenoxy) is 1. The Hall–Kier alpha value is -0.620. The van der Waals surface area contributed by atoms with Crippen LogP contribution in [0.2, 0.25) is 0 Å². The van der Waals surface area contributed by atoms with E-state index in [0.29, 0.717) is 0 Å². The van der Waals surface area contributed by atoms with Crippen molar-refractivity contribution in [3.05, 3.63) is 28.2 Å². The third kappa shape index (κ3) is 4.95. The first-order valence-electron chi connectivity index (χ1n) is 7.60. The first-order chi connectivity index (χ1) is 10.1. The fourth-order valence-electron chi connectivity index (χ4n) is 2.50. The molecule has 0 amide bonds. The second-order valence-electron chi connectivity index (χ2n) is 5.69. The quantitative estimate of drug-likeness (QED) is 0.847.